The molecule has 5 rings (SSSR count). The number of aliphatic carboxylic acids is 1. The van der Waals surface area contributed by atoms with Crippen molar-refractivity contribution in [2.75, 3.05) is 46.1 Å². The van der Waals surface area contributed by atoms with Crippen LogP contribution < -0.4 is 19.5 Å². The second-order valence-corrected chi connectivity index (χ2v) is 15.1. The minimum atomic E-state index is -1.60. The number of benzene rings is 3. The van der Waals surface area contributed by atoms with Crippen LogP contribution in [0.2, 0.25) is 5.02 Å². The molecule has 0 spiro atoms. The van der Waals surface area contributed by atoms with Crippen LogP contribution in [0.5, 0.6) is 17.2 Å². The molecule has 1 fully saturated rings. The molecule has 0 aliphatic carbocycles. The van der Waals surface area contributed by atoms with Crippen molar-refractivity contribution in [1.82, 2.24) is 15.2 Å². The summed E-state index contributed by atoms with van der Waals surface area (Å²) in [4.78, 5) is 30.6. The molecule has 0 saturated carbocycles. The van der Waals surface area contributed by atoms with Crippen LogP contribution in [0, 0.1) is 30.6 Å². The van der Waals surface area contributed by atoms with Crippen LogP contribution in [-0.4, -0.2) is 88.7 Å². The number of nitrogens with one attached hydrogen (secondary N) is 1. The quantitative estimate of drug-likeness (QED) is 0.0604. The molecule has 1 aliphatic rings. The zero-order valence-electron chi connectivity index (χ0n) is 33.3. The number of aliphatic hydroxyl groups excluding tert-OH is 2. The molecule has 2 unspecified atom stereocenters. The second kappa shape index (κ2) is 20.0. The summed E-state index contributed by atoms with van der Waals surface area (Å²) in [5, 5.41) is 41.9. The van der Waals surface area contributed by atoms with Crippen molar-refractivity contribution < 1.29 is 43.9 Å². The first-order valence-corrected chi connectivity index (χ1v) is 19.6. The van der Waals surface area contributed by atoms with Gasteiger partial charge in [-0.2, -0.15) is 5.26 Å². The third kappa shape index (κ3) is 10.4. The third-order valence-corrected chi connectivity index (χ3v) is 10.9. The Morgan fingerprint density at radius 1 is 0.983 bits per heavy atom. The second-order valence-electron chi connectivity index (χ2n) is 14.7. The van der Waals surface area contributed by atoms with E-state index in [-0.39, 0.29) is 44.0 Å². The Bertz CT molecular complexity index is 2130. The molecule has 4 aromatic rings. The first-order valence-electron chi connectivity index (χ1n) is 19.2. The first-order chi connectivity index (χ1) is 27.9. The standard InChI is InChI=1S/C44H51ClN4O9/c1-5-55-42(54)44(28-51)13-15-49(26-44)14-8-16-56-38-12-7-11-36(30(38)3)35-10-6-9-33(29(35)2)25-58-40-19-39(57-24-32-17-31(20-46)21-47-22-32)34(18-37(40)45)23-48-43(4,27-50)41(52)53/h6-7,9-12,17-19,21-22,48,50-51H,5,8,13-16,23-28H2,1-4H3,(H,52,53). The average Bonchev–Trinajstić information content (AvgIpc) is 3.66. The number of carbonyl (C=O) groups is 2. The van der Waals surface area contributed by atoms with E-state index in [0.717, 1.165) is 46.5 Å². The van der Waals surface area contributed by atoms with Gasteiger partial charge in [-0.1, -0.05) is 41.9 Å². The number of carboxylic acid groups (broad SMARTS) is 1. The zero-order valence-corrected chi connectivity index (χ0v) is 34.1. The summed E-state index contributed by atoms with van der Waals surface area (Å²) in [7, 11) is 0. The number of likely N-dealkylation sites (tertiary alicyclic amines) is 1. The number of ether oxygens (including phenoxy) is 4. The number of pyridine rings is 1. The summed E-state index contributed by atoms with van der Waals surface area (Å²) >= 11 is 6.74. The van der Waals surface area contributed by atoms with Gasteiger partial charge >= 0.3 is 11.9 Å². The monoisotopic (exact) mass is 814 g/mol. The van der Waals surface area contributed by atoms with E-state index in [4.69, 9.17) is 30.5 Å². The van der Waals surface area contributed by atoms with E-state index in [2.05, 4.69) is 33.4 Å². The van der Waals surface area contributed by atoms with Gasteiger partial charge in [0.05, 0.1) is 37.0 Å². The van der Waals surface area contributed by atoms with Crippen molar-refractivity contribution in [2.24, 2.45) is 5.41 Å². The Morgan fingerprint density at radius 2 is 1.72 bits per heavy atom. The van der Waals surface area contributed by atoms with Crippen LogP contribution in [0.3, 0.4) is 0 Å². The van der Waals surface area contributed by atoms with Crippen molar-refractivity contribution in [1.29, 1.82) is 5.26 Å². The Morgan fingerprint density at radius 3 is 2.43 bits per heavy atom. The number of nitriles is 1. The lowest BCUT2D eigenvalue weighted by Crippen LogP contribution is -2.52. The summed E-state index contributed by atoms with van der Waals surface area (Å²) in [5.74, 6) is -0.0524. The van der Waals surface area contributed by atoms with Crippen molar-refractivity contribution in [3.8, 4) is 34.4 Å². The lowest BCUT2D eigenvalue weighted by Gasteiger charge is -2.25. The largest absolute Gasteiger partial charge is 0.493 e. The van der Waals surface area contributed by atoms with Crippen molar-refractivity contribution >= 4 is 23.5 Å². The van der Waals surface area contributed by atoms with Gasteiger partial charge in [-0.3, -0.25) is 19.9 Å². The molecule has 1 aromatic heterocycles. The highest BCUT2D eigenvalue weighted by molar-refractivity contribution is 6.32. The number of halogens is 1. The molecule has 308 valence electrons. The highest BCUT2D eigenvalue weighted by atomic mass is 35.5. The van der Waals surface area contributed by atoms with Gasteiger partial charge < -0.3 is 39.2 Å². The third-order valence-electron chi connectivity index (χ3n) is 10.6. The topological polar surface area (TPSA) is 184 Å². The van der Waals surface area contributed by atoms with E-state index in [1.54, 1.807) is 31.3 Å². The number of nitrogens with zero attached hydrogens (tertiary/aromatic N) is 3. The molecule has 58 heavy (non-hydrogen) atoms. The van der Waals surface area contributed by atoms with Crippen molar-refractivity contribution in [3.63, 3.8) is 0 Å². The van der Waals surface area contributed by atoms with E-state index in [0.29, 0.717) is 54.3 Å². The minimum Gasteiger partial charge on any atom is -0.493 e. The molecule has 1 aliphatic heterocycles. The number of rotatable bonds is 20. The highest BCUT2D eigenvalue weighted by Crippen LogP contribution is 2.37. The van der Waals surface area contributed by atoms with Crippen LogP contribution in [0.4, 0.5) is 0 Å². The summed E-state index contributed by atoms with van der Waals surface area (Å²) in [6.45, 7) is 9.32. The molecule has 13 nitrogen and oxygen atoms in total. The molecule has 0 amide bonds. The number of hydrogen-bond donors (Lipinski definition) is 4. The summed E-state index contributed by atoms with van der Waals surface area (Å²) in [6.07, 6.45) is 4.37. The number of hydrogen-bond acceptors (Lipinski definition) is 12. The van der Waals surface area contributed by atoms with Crippen LogP contribution in [0.25, 0.3) is 11.1 Å². The van der Waals surface area contributed by atoms with E-state index in [1.165, 1.54) is 13.1 Å². The lowest BCUT2D eigenvalue weighted by atomic mass is 9.88. The predicted molar refractivity (Wildman–Crippen MR) is 218 cm³/mol. The Balaban J connectivity index is 1.27. The van der Waals surface area contributed by atoms with Gasteiger partial charge in [0.15, 0.2) is 0 Å². The summed E-state index contributed by atoms with van der Waals surface area (Å²) in [5.41, 5.74) is 4.10. The first kappa shape index (κ1) is 43.9. The smallest absolute Gasteiger partial charge is 0.326 e. The maximum atomic E-state index is 12.5. The molecule has 0 radical (unpaired) electrons. The summed E-state index contributed by atoms with van der Waals surface area (Å²) in [6, 6.07) is 19.0. The fourth-order valence-corrected chi connectivity index (χ4v) is 7.09. The minimum absolute atomic E-state index is 0.0132. The van der Waals surface area contributed by atoms with Gasteiger partial charge in [0.1, 0.15) is 47.5 Å². The van der Waals surface area contributed by atoms with Gasteiger partial charge in [0.25, 0.3) is 0 Å². The number of esters is 1. The van der Waals surface area contributed by atoms with Crippen molar-refractivity contribution in [2.45, 2.75) is 65.8 Å². The maximum absolute atomic E-state index is 12.5. The molecule has 0 bridgehead atoms. The van der Waals surface area contributed by atoms with Gasteiger partial charge in [0, 0.05) is 49.2 Å². The van der Waals surface area contributed by atoms with Gasteiger partial charge in [0.2, 0.25) is 0 Å². The number of carbonyl (C=O) groups excluding carboxylic acids is 1. The van der Waals surface area contributed by atoms with Crippen LogP contribution in [-0.2, 0) is 34.1 Å². The van der Waals surface area contributed by atoms with Gasteiger partial charge in [-0.25, -0.2) is 0 Å². The van der Waals surface area contributed by atoms with E-state index >= 15 is 0 Å². The molecular formula is C44H51ClN4O9. The van der Waals surface area contributed by atoms with E-state index < -0.39 is 23.5 Å². The normalized spacial score (nSPS) is 16.3. The average molecular weight is 815 g/mol. The van der Waals surface area contributed by atoms with Crippen LogP contribution in [0.15, 0.2) is 67.0 Å². The zero-order chi connectivity index (χ0) is 41.9. The Hall–Kier alpha value is -5.23. The SMILES string of the molecule is CCOC(=O)C1(CO)CCN(CCCOc2cccc(-c3cccc(COc4cc(OCc5cncc(C#N)c5)c(CNC(C)(CO)C(=O)O)cc4Cl)c3C)c2C)C1. The molecule has 2 heterocycles. The molecule has 14 heteroatoms. The van der Waals surface area contributed by atoms with Gasteiger partial charge in [-0.05, 0) is 93.1 Å². The molecule has 4 N–H and O–H groups in total. The number of carboxylic acids is 1. The predicted octanol–water partition coefficient (Wildman–Crippen LogP) is 5.99. The molecular weight excluding hydrogens is 764 g/mol. The highest BCUT2D eigenvalue weighted by Gasteiger charge is 2.45. The van der Waals surface area contributed by atoms with E-state index in [9.17, 15) is 30.2 Å². The number of aliphatic hydroxyl groups is 2. The lowest BCUT2D eigenvalue weighted by molar-refractivity contribution is -0.157. The molecule has 1 saturated heterocycles. The number of aromatic nitrogens is 1. The Kier molecular flexibility index (Phi) is 15.1. The van der Waals surface area contributed by atoms with Crippen LogP contribution in [0.1, 0.15) is 60.1 Å². The van der Waals surface area contributed by atoms with Gasteiger partial charge in [-0.15, -0.1) is 0 Å². The van der Waals surface area contributed by atoms with Crippen molar-refractivity contribution in [3.05, 3.63) is 105 Å². The fraction of sp³-hybridized carbons (Fsp3) is 0.409. The maximum Gasteiger partial charge on any atom is 0.326 e. The molecule has 2 atom stereocenters. The Labute approximate surface area is 344 Å². The molecule has 3 aromatic carbocycles. The van der Waals surface area contributed by atoms with E-state index in [1.807, 2.05) is 38.1 Å². The summed E-state index contributed by atoms with van der Waals surface area (Å²) < 4.78 is 24.0. The fourth-order valence-electron chi connectivity index (χ4n) is 6.85. The van der Waals surface area contributed by atoms with Crippen LogP contribution >= 0.6 is 11.6 Å².